The van der Waals surface area contributed by atoms with E-state index in [0.717, 1.165) is 18.8 Å². The van der Waals surface area contributed by atoms with Crippen LogP contribution < -0.4 is 10.2 Å². The number of benzene rings is 1. The summed E-state index contributed by atoms with van der Waals surface area (Å²) in [6.07, 6.45) is 3.31. The van der Waals surface area contributed by atoms with E-state index >= 15 is 0 Å². The first kappa shape index (κ1) is 20.0. The fraction of sp³-hybridized carbons (Fsp3) is 0.550. The molecule has 0 spiro atoms. The zero-order valence-corrected chi connectivity index (χ0v) is 16.4. The lowest BCUT2D eigenvalue weighted by atomic mass is 10.1. The smallest absolute Gasteiger partial charge is 0.409 e. The minimum absolute atomic E-state index is 0.316. The molecule has 1 aromatic carbocycles. The Labute approximate surface area is 165 Å². The van der Waals surface area contributed by atoms with Gasteiger partial charge in [-0.2, -0.15) is 0 Å². The second-order valence-corrected chi connectivity index (χ2v) is 7.03. The minimum atomic E-state index is -0.657. The van der Waals surface area contributed by atoms with Gasteiger partial charge in [0.05, 0.1) is 6.61 Å². The molecule has 3 rings (SSSR count). The third kappa shape index (κ3) is 4.94. The predicted molar refractivity (Wildman–Crippen MR) is 106 cm³/mol. The third-order valence-electron chi connectivity index (χ3n) is 5.13. The van der Waals surface area contributed by atoms with Crippen LogP contribution in [0.25, 0.3) is 0 Å². The summed E-state index contributed by atoms with van der Waals surface area (Å²) in [5.74, 6) is -1.24. The molecule has 8 heteroatoms. The predicted octanol–water partition coefficient (Wildman–Crippen LogP) is 1.92. The highest BCUT2D eigenvalue weighted by atomic mass is 16.6. The molecule has 2 saturated heterocycles. The first-order valence-electron chi connectivity index (χ1n) is 9.95. The van der Waals surface area contributed by atoms with Crippen LogP contribution >= 0.6 is 0 Å². The molecular weight excluding hydrogens is 360 g/mol. The molecule has 1 N–H and O–H groups in total. The maximum absolute atomic E-state index is 12.4. The van der Waals surface area contributed by atoms with Gasteiger partial charge in [0.1, 0.15) is 0 Å². The molecule has 1 aromatic rings. The van der Waals surface area contributed by atoms with Gasteiger partial charge in [0.15, 0.2) is 0 Å². The fourth-order valence-electron chi connectivity index (χ4n) is 3.54. The standard InChI is InChI=1S/C20H28N4O4/c1-2-28-20(27)24-14-12-23(13-15-24)19(26)18(25)21-16-6-8-17(9-7-16)22-10-4-3-5-11-22/h6-9H,2-5,10-15H2,1H3,(H,21,25). The van der Waals surface area contributed by atoms with E-state index in [9.17, 15) is 14.4 Å². The number of nitrogens with zero attached hydrogens (tertiary/aromatic N) is 3. The van der Waals surface area contributed by atoms with Gasteiger partial charge < -0.3 is 24.8 Å². The third-order valence-corrected chi connectivity index (χ3v) is 5.13. The summed E-state index contributed by atoms with van der Waals surface area (Å²) in [4.78, 5) is 41.7. The number of hydrogen-bond acceptors (Lipinski definition) is 5. The summed E-state index contributed by atoms with van der Waals surface area (Å²) in [6.45, 7) is 5.55. The topological polar surface area (TPSA) is 82.2 Å². The molecule has 2 fully saturated rings. The van der Waals surface area contributed by atoms with Crippen molar-refractivity contribution in [2.24, 2.45) is 0 Å². The molecule has 0 atom stereocenters. The van der Waals surface area contributed by atoms with E-state index in [1.165, 1.54) is 24.2 Å². The number of ether oxygens (including phenoxy) is 1. The summed E-state index contributed by atoms with van der Waals surface area (Å²) in [6, 6.07) is 7.61. The van der Waals surface area contributed by atoms with E-state index in [4.69, 9.17) is 4.74 Å². The van der Waals surface area contributed by atoms with Gasteiger partial charge in [-0.3, -0.25) is 9.59 Å². The van der Waals surface area contributed by atoms with Gasteiger partial charge in [0.2, 0.25) is 0 Å². The molecular formula is C20H28N4O4. The fourth-order valence-corrected chi connectivity index (χ4v) is 3.54. The van der Waals surface area contributed by atoms with E-state index in [1.54, 1.807) is 11.8 Å². The molecule has 2 aliphatic heterocycles. The molecule has 0 saturated carbocycles. The maximum Gasteiger partial charge on any atom is 0.409 e. The van der Waals surface area contributed by atoms with Gasteiger partial charge in [-0.05, 0) is 50.5 Å². The summed E-state index contributed by atoms with van der Waals surface area (Å²) in [5, 5.41) is 2.67. The number of carbonyl (C=O) groups excluding carboxylic acids is 3. The van der Waals surface area contributed by atoms with Crippen molar-refractivity contribution in [1.82, 2.24) is 9.80 Å². The van der Waals surface area contributed by atoms with Crippen molar-refractivity contribution in [2.75, 3.05) is 56.1 Å². The highest BCUT2D eigenvalue weighted by molar-refractivity contribution is 6.39. The van der Waals surface area contributed by atoms with E-state index in [-0.39, 0.29) is 6.09 Å². The van der Waals surface area contributed by atoms with Crippen molar-refractivity contribution < 1.29 is 19.1 Å². The van der Waals surface area contributed by atoms with Crippen molar-refractivity contribution in [3.63, 3.8) is 0 Å². The van der Waals surface area contributed by atoms with Crippen molar-refractivity contribution in [3.8, 4) is 0 Å². The number of anilines is 2. The Morgan fingerprint density at radius 2 is 1.50 bits per heavy atom. The number of piperazine rings is 1. The van der Waals surface area contributed by atoms with E-state index < -0.39 is 11.8 Å². The monoisotopic (exact) mass is 388 g/mol. The molecule has 0 radical (unpaired) electrons. The van der Waals surface area contributed by atoms with Crippen LogP contribution in [0.1, 0.15) is 26.2 Å². The molecule has 2 heterocycles. The summed E-state index contributed by atoms with van der Waals surface area (Å²) in [7, 11) is 0. The SMILES string of the molecule is CCOC(=O)N1CCN(C(=O)C(=O)Nc2ccc(N3CCCCC3)cc2)CC1. The number of nitrogens with one attached hydrogen (secondary N) is 1. The molecule has 0 aromatic heterocycles. The first-order chi connectivity index (χ1) is 13.6. The van der Waals surface area contributed by atoms with Crippen molar-refractivity contribution >= 4 is 29.3 Å². The molecule has 8 nitrogen and oxygen atoms in total. The van der Waals surface area contributed by atoms with Gasteiger partial charge in [0, 0.05) is 50.6 Å². The average molecular weight is 388 g/mol. The average Bonchev–Trinajstić information content (AvgIpc) is 2.74. The molecule has 152 valence electrons. The van der Waals surface area contributed by atoms with Crippen LogP contribution in [-0.4, -0.2) is 73.6 Å². The van der Waals surface area contributed by atoms with Crippen LogP contribution in [0, 0.1) is 0 Å². The Bertz CT molecular complexity index is 693. The highest BCUT2D eigenvalue weighted by Crippen LogP contribution is 2.21. The Morgan fingerprint density at radius 3 is 2.11 bits per heavy atom. The molecule has 0 aliphatic carbocycles. The van der Waals surface area contributed by atoms with Gasteiger partial charge in [0.25, 0.3) is 0 Å². The quantitative estimate of drug-likeness (QED) is 0.800. The van der Waals surface area contributed by atoms with Gasteiger partial charge in [-0.1, -0.05) is 0 Å². The number of amides is 3. The van der Waals surface area contributed by atoms with Crippen LogP contribution in [0.4, 0.5) is 16.2 Å². The molecule has 3 amide bonds. The molecule has 2 aliphatic rings. The minimum Gasteiger partial charge on any atom is -0.450 e. The van der Waals surface area contributed by atoms with Crippen LogP contribution in [0.5, 0.6) is 0 Å². The van der Waals surface area contributed by atoms with Crippen molar-refractivity contribution in [2.45, 2.75) is 26.2 Å². The maximum atomic E-state index is 12.4. The van der Waals surface area contributed by atoms with Gasteiger partial charge >= 0.3 is 17.9 Å². The Kier molecular flexibility index (Phi) is 6.73. The van der Waals surface area contributed by atoms with E-state index in [1.807, 2.05) is 24.3 Å². The van der Waals surface area contributed by atoms with Crippen LogP contribution in [0.2, 0.25) is 0 Å². The molecule has 0 unspecified atom stereocenters. The van der Waals surface area contributed by atoms with Crippen LogP contribution in [0.3, 0.4) is 0 Å². The second-order valence-electron chi connectivity index (χ2n) is 7.03. The van der Waals surface area contributed by atoms with Crippen molar-refractivity contribution in [3.05, 3.63) is 24.3 Å². The van der Waals surface area contributed by atoms with Gasteiger partial charge in [-0.15, -0.1) is 0 Å². The molecule has 28 heavy (non-hydrogen) atoms. The molecule has 0 bridgehead atoms. The Balaban J connectivity index is 1.49. The van der Waals surface area contributed by atoms with Crippen LogP contribution in [0.15, 0.2) is 24.3 Å². The second kappa shape index (κ2) is 9.43. The number of carbonyl (C=O) groups is 3. The van der Waals surface area contributed by atoms with Crippen LogP contribution in [-0.2, 0) is 14.3 Å². The number of piperidine rings is 1. The zero-order valence-electron chi connectivity index (χ0n) is 16.4. The first-order valence-corrected chi connectivity index (χ1v) is 9.95. The summed E-state index contributed by atoms with van der Waals surface area (Å²) in [5.41, 5.74) is 1.74. The summed E-state index contributed by atoms with van der Waals surface area (Å²) >= 11 is 0. The Hall–Kier alpha value is -2.77. The zero-order chi connectivity index (χ0) is 19.9. The van der Waals surface area contributed by atoms with E-state index in [2.05, 4.69) is 10.2 Å². The lowest BCUT2D eigenvalue weighted by Crippen LogP contribution is -2.53. The number of rotatable bonds is 3. The van der Waals surface area contributed by atoms with Crippen molar-refractivity contribution in [1.29, 1.82) is 0 Å². The lowest BCUT2D eigenvalue weighted by molar-refractivity contribution is -0.144. The highest BCUT2D eigenvalue weighted by Gasteiger charge is 2.28. The normalized spacial score (nSPS) is 17.2. The van der Waals surface area contributed by atoms with Gasteiger partial charge in [-0.25, -0.2) is 4.79 Å². The Morgan fingerprint density at radius 1 is 0.893 bits per heavy atom. The lowest BCUT2D eigenvalue weighted by Gasteiger charge is -2.33. The van der Waals surface area contributed by atoms with E-state index in [0.29, 0.717) is 38.5 Å². The number of hydrogen-bond donors (Lipinski definition) is 1. The summed E-state index contributed by atoms with van der Waals surface area (Å²) < 4.78 is 4.96. The largest absolute Gasteiger partial charge is 0.450 e.